The number of aryl methyl sites for hydroxylation is 1. The second-order valence-electron chi connectivity index (χ2n) is 8.70. The van der Waals surface area contributed by atoms with Gasteiger partial charge in [0.25, 0.3) is 0 Å². The van der Waals surface area contributed by atoms with Crippen LogP contribution in [0.1, 0.15) is 35.6 Å². The molecule has 2 aromatic rings. The SMILES string of the molecule is Cc1cccc(NC(=O)CN2CCN([C@@H](C(=O)NC3CC3)c3ccccc3)CC2)c1C. The third-order valence-electron chi connectivity index (χ3n) is 6.31. The van der Waals surface area contributed by atoms with Crippen molar-refractivity contribution in [3.05, 3.63) is 65.2 Å². The second-order valence-corrected chi connectivity index (χ2v) is 8.70. The van der Waals surface area contributed by atoms with Crippen LogP contribution in [0.25, 0.3) is 0 Å². The van der Waals surface area contributed by atoms with Crippen LogP contribution < -0.4 is 10.6 Å². The van der Waals surface area contributed by atoms with E-state index in [9.17, 15) is 9.59 Å². The summed E-state index contributed by atoms with van der Waals surface area (Å²) in [7, 11) is 0. The smallest absolute Gasteiger partial charge is 0.242 e. The maximum Gasteiger partial charge on any atom is 0.242 e. The van der Waals surface area contributed by atoms with Crippen LogP contribution in [0.15, 0.2) is 48.5 Å². The van der Waals surface area contributed by atoms with E-state index in [1.165, 1.54) is 5.56 Å². The van der Waals surface area contributed by atoms with Crippen LogP contribution in [0.5, 0.6) is 0 Å². The van der Waals surface area contributed by atoms with Crippen molar-refractivity contribution < 1.29 is 9.59 Å². The first-order chi connectivity index (χ1) is 15.0. The molecule has 1 saturated carbocycles. The molecule has 1 aliphatic carbocycles. The lowest BCUT2D eigenvalue weighted by atomic mass is 10.0. The Bertz CT molecular complexity index is 918. The van der Waals surface area contributed by atoms with E-state index >= 15 is 0 Å². The number of amides is 2. The van der Waals surface area contributed by atoms with Gasteiger partial charge in [0.1, 0.15) is 6.04 Å². The lowest BCUT2D eigenvalue weighted by Crippen LogP contribution is -2.52. The molecule has 164 valence electrons. The van der Waals surface area contributed by atoms with Crippen LogP contribution in [0, 0.1) is 13.8 Å². The van der Waals surface area contributed by atoms with Crippen LogP contribution >= 0.6 is 0 Å². The van der Waals surface area contributed by atoms with E-state index in [-0.39, 0.29) is 17.9 Å². The number of nitrogens with zero attached hydrogens (tertiary/aromatic N) is 2. The molecule has 6 heteroatoms. The molecule has 31 heavy (non-hydrogen) atoms. The Labute approximate surface area is 184 Å². The highest BCUT2D eigenvalue weighted by Gasteiger charge is 2.33. The molecule has 4 rings (SSSR count). The molecular formula is C25H32N4O2. The summed E-state index contributed by atoms with van der Waals surface area (Å²) in [6.07, 6.45) is 2.16. The fourth-order valence-corrected chi connectivity index (χ4v) is 4.13. The summed E-state index contributed by atoms with van der Waals surface area (Å²) < 4.78 is 0. The van der Waals surface area contributed by atoms with Gasteiger partial charge < -0.3 is 10.6 Å². The number of anilines is 1. The predicted octanol–water partition coefficient (Wildman–Crippen LogP) is 2.88. The molecule has 2 aliphatic rings. The first-order valence-corrected chi connectivity index (χ1v) is 11.2. The van der Waals surface area contributed by atoms with Crippen LogP contribution in [0.4, 0.5) is 5.69 Å². The minimum absolute atomic E-state index is 0.00763. The molecular weight excluding hydrogens is 388 g/mol. The number of carbonyl (C=O) groups excluding carboxylic acids is 2. The van der Waals surface area contributed by atoms with Crippen molar-refractivity contribution in [2.75, 3.05) is 38.0 Å². The first-order valence-electron chi connectivity index (χ1n) is 11.2. The fourth-order valence-electron chi connectivity index (χ4n) is 4.13. The third-order valence-corrected chi connectivity index (χ3v) is 6.31. The molecule has 1 atom stereocenters. The molecule has 0 unspecified atom stereocenters. The molecule has 1 saturated heterocycles. The summed E-state index contributed by atoms with van der Waals surface area (Å²) >= 11 is 0. The zero-order valence-electron chi connectivity index (χ0n) is 18.4. The van der Waals surface area contributed by atoms with E-state index in [0.29, 0.717) is 12.6 Å². The maximum absolute atomic E-state index is 13.0. The number of hydrogen-bond donors (Lipinski definition) is 2. The molecule has 1 heterocycles. The van der Waals surface area contributed by atoms with E-state index in [1.807, 2.05) is 62.4 Å². The van der Waals surface area contributed by atoms with Crippen molar-refractivity contribution in [1.29, 1.82) is 0 Å². The van der Waals surface area contributed by atoms with Gasteiger partial charge in [-0.3, -0.25) is 19.4 Å². The zero-order chi connectivity index (χ0) is 21.8. The molecule has 0 spiro atoms. The average molecular weight is 421 g/mol. The van der Waals surface area contributed by atoms with E-state index in [1.54, 1.807) is 0 Å². The Morgan fingerprint density at radius 3 is 2.35 bits per heavy atom. The number of nitrogens with one attached hydrogen (secondary N) is 2. The molecule has 0 radical (unpaired) electrons. The van der Waals surface area contributed by atoms with Crippen LogP contribution in [-0.4, -0.2) is 60.4 Å². The molecule has 0 bridgehead atoms. The topological polar surface area (TPSA) is 64.7 Å². The van der Waals surface area contributed by atoms with Gasteiger partial charge in [-0.2, -0.15) is 0 Å². The van der Waals surface area contributed by atoms with Gasteiger partial charge in [0.15, 0.2) is 0 Å². The Morgan fingerprint density at radius 2 is 1.68 bits per heavy atom. The summed E-state index contributed by atoms with van der Waals surface area (Å²) in [4.78, 5) is 30.0. The van der Waals surface area contributed by atoms with Gasteiger partial charge in [-0.05, 0) is 49.4 Å². The lowest BCUT2D eigenvalue weighted by Gasteiger charge is -2.38. The highest BCUT2D eigenvalue weighted by molar-refractivity contribution is 5.93. The van der Waals surface area contributed by atoms with Crippen LogP contribution in [0.2, 0.25) is 0 Å². The van der Waals surface area contributed by atoms with Gasteiger partial charge in [-0.25, -0.2) is 0 Å². The van der Waals surface area contributed by atoms with E-state index in [4.69, 9.17) is 0 Å². The number of carbonyl (C=O) groups is 2. The van der Waals surface area contributed by atoms with E-state index < -0.39 is 0 Å². The number of piperazine rings is 1. The molecule has 2 fully saturated rings. The zero-order valence-corrected chi connectivity index (χ0v) is 18.4. The average Bonchev–Trinajstić information content (AvgIpc) is 3.57. The Morgan fingerprint density at radius 1 is 0.968 bits per heavy atom. The summed E-state index contributed by atoms with van der Waals surface area (Å²) in [5, 5.41) is 6.22. The molecule has 1 aliphatic heterocycles. The molecule has 2 aromatic carbocycles. The van der Waals surface area contributed by atoms with E-state index in [2.05, 4.69) is 20.4 Å². The van der Waals surface area contributed by atoms with Gasteiger partial charge in [0.05, 0.1) is 6.54 Å². The third kappa shape index (κ3) is 5.51. The highest BCUT2D eigenvalue weighted by atomic mass is 16.2. The lowest BCUT2D eigenvalue weighted by molar-refractivity contribution is -0.128. The Balaban J connectivity index is 1.34. The van der Waals surface area contributed by atoms with Crippen molar-refractivity contribution in [2.24, 2.45) is 0 Å². The minimum Gasteiger partial charge on any atom is -0.352 e. The molecule has 2 amide bonds. The molecule has 0 aromatic heterocycles. The number of rotatable bonds is 7. The number of benzene rings is 2. The van der Waals surface area contributed by atoms with Crippen LogP contribution in [-0.2, 0) is 9.59 Å². The fraction of sp³-hybridized carbons (Fsp3) is 0.440. The number of hydrogen-bond acceptors (Lipinski definition) is 4. The van der Waals surface area contributed by atoms with Gasteiger partial charge in [0, 0.05) is 37.9 Å². The quantitative estimate of drug-likeness (QED) is 0.723. The van der Waals surface area contributed by atoms with Crippen molar-refractivity contribution in [3.63, 3.8) is 0 Å². The Kier molecular flexibility index (Phi) is 6.68. The summed E-state index contributed by atoms with van der Waals surface area (Å²) in [5.74, 6) is 0.100. The highest BCUT2D eigenvalue weighted by Crippen LogP contribution is 2.26. The summed E-state index contributed by atoms with van der Waals surface area (Å²) in [6, 6.07) is 16.0. The first kappa shape index (κ1) is 21.5. The second kappa shape index (κ2) is 9.62. The monoisotopic (exact) mass is 420 g/mol. The summed E-state index contributed by atoms with van der Waals surface area (Å²) in [6.45, 7) is 7.49. The minimum atomic E-state index is -0.271. The van der Waals surface area contributed by atoms with Gasteiger partial charge in [-0.1, -0.05) is 42.5 Å². The normalized spacial score (nSPS) is 18.4. The predicted molar refractivity (Wildman–Crippen MR) is 123 cm³/mol. The van der Waals surface area contributed by atoms with Crippen molar-refractivity contribution >= 4 is 17.5 Å². The van der Waals surface area contributed by atoms with Crippen molar-refractivity contribution in [1.82, 2.24) is 15.1 Å². The van der Waals surface area contributed by atoms with Crippen LogP contribution in [0.3, 0.4) is 0 Å². The van der Waals surface area contributed by atoms with Gasteiger partial charge in [0.2, 0.25) is 11.8 Å². The van der Waals surface area contributed by atoms with Gasteiger partial charge in [-0.15, -0.1) is 0 Å². The van der Waals surface area contributed by atoms with Crippen molar-refractivity contribution in [3.8, 4) is 0 Å². The van der Waals surface area contributed by atoms with E-state index in [0.717, 1.165) is 55.8 Å². The van der Waals surface area contributed by atoms with Crippen molar-refractivity contribution in [2.45, 2.75) is 38.8 Å². The molecule has 6 nitrogen and oxygen atoms in total. The van der Waals surface area contributed by atoms with Gasteiger partial charge >= 0.3 is 0 Å². The standard InChI is InChI=1S/C25H32N4O2/c1-18-7-6-10-22(19(18)2)27-23(30)17-28-13-15-29(16-14-28)24(20-8-4-3-5-9-20)25(31)26-21-11-12-21/h3-10,21,24H,11-17H2,1-2H3,(H,26,31)(H,27,30)/t24-/m1/s1. The largest absolute Gasteiger partial charge is 0.352 e. The maximum atomic E-state index is 13.0. The molecule has 2 N–H and O–H groups in total. The summed E-state index contributed by atoms with van der Waals surface area (Å²) in [5.41, 5.74) is 4.18. The Hall–Kier alpha value is -2.70.